The molecule has 0 N–H and O–H groups in total. The van der Waals surface area contributed by atoms with Crippen LogP contribution >= 0.6 is 0 Å². The molecular weight excluding hydrogens is 306 g/mol. The van der Waals surface area contributed by atoms with Crippen LogP contribution in [-0.4, -0.2) is 59.0 Å². The van der Waals surface area contributed by atoms with Gasteiger partial charge in [0.25, 0.3) is 0 Å². The third-order valence-corrected chi connectivity index (χ3v) is 4.37. The van der Waals surface area contributed by atoms with Gasteiger partial charge in [-0.15, -0.1) is 0 Å². The van der Waals surface area contributed by atoms with Gasteiger partial charge in [0, 0.05) is 45.1 Å². The molecule has 0 bridgehead atoms. The molecule has 1 heterocycles. The van der Waals surface area contributed by atoms with Crippen molar-refractivity contribution in [2.45, 2.75) is 46.2 Å². The van der Waals surface area contributed by atoms with E-state index in [4.69, 9.17) is 4.74 Å². The minimum Gasteiger partial charge on any atom is -0.383 e. The number of ether oxygens (including phenoxy) is 1. The Hall–Kier alpha value is -1.82. The summed E-state index contributed by atoms with van der Waals surface area (Å²) in [6, 6.07) is 4.01. The lowest BCUT2D eigenvalue weighted by Gasteiger charge is -2.31. The highest BCUT2D eigenvalue weighted by atomic mass is 16.5. The first kappa shape index (κ1) is 20.2. The second-order valence-corrected chi connectivity index (χ2v) is 6.05. The Morgan fingerprint density at radius 3 is 2.50 bits per heavy atom. The van der Waals surface area contributed by atoms with E-state index in [9.17, 15) is 9.59 Å². The SMILES string of the molecule is CCC(=O)N(CC(=O)N(CCOC)Cc1cccn1C)C(C)CC. The molecule has 136 valence electrons. The molecule has 1 rings (SSSR count). The Balaban J connectivity index is 2.85. The van der Waals surface area contributed by atoms with E-state index in [1.165, 1.54) is 0 Å². The summed E-state index contributed by atoms with van der Waals surface area (Å²) in [7, 11) is 3.58. The molecule has 1 aromatic rings. The van der Waals surface area contributed by atoms with E-state index in [0.29, 0.717) is 26.1 Å². The Bertz CT molecular complexity index is 527. The van der Waals surface area contributed by atoms with Crippen molar-refractivity contribution in [1.82, 2.24) is 14.4 Å². The van der Waals surface area contributed by atoms with E-state index >= 15 is 0 Å². The first-order valence-corrected chi connectivity index (χ1v) is 8.60. The predicted octanol–water partition coefficient (Wildman–Crippen LogP) is 2.04. The summed E-state index contributed by atoms with van der Waals surface area (Å²) in [6.45, 7) is 7.46. The van der Waals surface area contributed by atoms with Gasteiger partial charge in [-0.25, -0.2) is 0 Å². The van der Waals surface area contributed by atoms with Gasteiger partial charge >= 0.3 is 0 Å². The lowest BCUT2D eigenvalue weighted by Crippen LogP contribution is -2.47. The molecule has 6 heteroatoms. The highest BCUT2D eigenvalue weighted by molar-refractivity contribution is 5.85. The van der Waals surface area contributed by atoms with Crippen molar-refractivity contribution in [3.05, 3.63) is 24.0 Å². The largest absolute Gasteiger partial charge is 0.383 e. The van der Waals surface area contributed by atoms with E-state index in [1.807, 2.05) is 50.7 Å². The molecule has 0 radical (unpaired) electrons. The van der Waals surface area contributed by atoms with Crippen LogP contribution in [0.3, 0.4) is 0 Å². The number of carbonyl (C=O) groups is 2. The molecule has 6 nitrogen and oxygen atoms in total. The van der Waals surface area contributed by atoms with Crippen LogP contribution in [0.4, 0.5) is 0 Å². The first-order valence-electron chi connectivity index (χ1n) is 8.60. The number of hydrogen-bond donors (Lipinski definition) is 0. The zero-order valence-corrected chi connectivity index (χ0v) is 15.6. The topological polar surface area (TPSA) is 54.8 Å². The van der Waals surface area contributed by atoms with Crippen LogP contribution in [0.5, 0.6) is 0 Å². The predicted molar refractivity (Wildman–Crippen MR) is 94.5 cm³/mol. The Morgan fingerprint density at radius 1 is 1.29 bits per heavy atom. The van der Waals surface area contributed by atoms with Gasteiger partial charge in [0.1, 0.15) is 6.54 Å². The second-order valence-electron chi connectivity index (χ2n) is 6.05. The van der Waals surface area contributed by atoms with Crippen LogP contribution in [0.1, 0.15) is 39.3 Å². The van der Waals surface area contributed by atoms with E-state index in [2.05, 4.69) is 0 Å². The van der Waals surface area contributed by atoms with Crippen LogP contribution in [-0.2, 0) is 27.9 Å². The second kappa shape index (κ2) is 10.1. The maximum Gasteiger partial charge on any atom is 0.242 e. The van der Waals surface area contributed by atoms with Gasteiger partial charge in [-0.1, -0.05) is 13.8 Å². The number of amides is 2. The maximum atomic E-state index is 12.8. The summed E-state index contributed by atoms with van der Waals surface area (Å²) >= 11 is 0. The monoisotopic (exact) mass is 337 g/mol. The smallest absolute Gasteiger partial charge is 0.242 e. The van der Waals surface area contributed by atoms with Gasteiger partial charge in [0.15, 0.2) is 0 Å². The fraction of sp³-hybridized carbons (Fsp3) is 0.667. The van der Waals surface area contributed by atoms with Gasteiger partial charge in [-0.05, 0) is 25.5 Å². The van der Waals surface area contributed by atoms with Gasteiger partial charge < -0.3 is 19.1 Å². The number of rotatable bonds is 10. The van der Waals surface area contributed by atoms with Gasteiger partial charge in [0.2, 0.25) is 11.8 Å². The number of hydrogen-bond acceptors (Lipinski definition) is 3. The zero-order chi connectivity index (χ0) is 18.1. The van der Waals surface area contributed by atoms with E-state index in [-0.39, 0.29) is 24.4 Å². The zero-order valence-electron chi connectivity index (χ0n) is 15.6. The fourth-order valence-electron chi connectivity index (χ4n) is 2.51. The highest BCUT2D eigenvalue weighted by Gasteiger charge is 2.24. The average molecular weight is 337 g/mol. The Morgan fingerprint density at radius 2 is 2.00 bits per heavy atom. The lowest BCUT2D eigenvalue weighted by molar-refractivity contribution is -0.142. The molecule has 1 unspecified atom stereocenters. The van der Waals surface area contributed by atoms with Crippen molar-refractivity contribution in [2.24, 2.45) is 7.05 Å². The van der Waals surface area contributed by atoms with E-state index in [0.717, 1.165) is 12.1 Å². The van der Waals surface area contributed by atoms with Crippen molar-refractivity contribution in [2.75, 3.05) is 26.8 Å². The van der Waals surface area contributed by atoms with Crippen molar-refractivity contribution < 1.29 is 14.3 Å². The lowest BCUT2D eigenvalue weighted by atomic mass is 10.2. The fourth-order valence-corrected chi connectivity index (χ4v) is 2.51. The van der Waals surface area contributed by atoms with Crippen LogP contribution in [0.15, 0.2) is 18.3 Å². The van der Waals surface area contributed by atoms with Crippen LogP contribution < -0.4 is 0 Å². The summed E-state index contributed by atoms with van der Waals surface area (Å²) < 4.78 is 7.13. The minimum absolute atomic E-state index is 0.0169. The molecular formula is C18H31N3O3. The van der Waals surface area contributed by atoms with Crippen molar-refractivity contribution in [1.29, 1.82) is 0 Å². The maximum absolute atomic E-state index is 12.8. The molecule has 1 atom stereocenters. The van der Waals surface area contributed by atoms with Crippen LogP contribution in [0.25, 0.3) is 0 Å². The number of methoxy groups -OCH3 is 1. The first-order chi connectivity index (χ1) is 11.4. The summed E-state index contributed by atoms with van der Waals surface area (Å²) in [4.78, 5) is 28.4. The third-order valence-electron chi connectivity index (χ3n) is 4.37. The van der Waals surface area contributed by atoms with E-state index in [1.54, 1.807) is 16.9 Å². The molecule has 0 aliphatic heterocycles. The summed E-state index contributed by atoms with van der Waals surface area (Å²) in [5.41, 5.74) is 1.05. The van der Waals surface area contributed by atoms with Crippen molar-refractivity contribution in [3.8, 4) is 0 Å². The van der Waals surface area contributed by atoms with Crippen molar-refractivity contribution in [3.63, 3.8) is 0 Å². The van der Waals surface area contributed by atoms with Crippen LogP contribution in [0.2, 0.25) is 0 Å². The molecule has 24 heavy (non-hydrogen) atoms. The minimum atomic E-state index is -0.0460. The molecule has 1 aromatic heterocycles. The quantitative estimate of drug-likeness (QED) is 0.656. The normalized spacial score (nSPS) is 12.0. The third kappa shape index (κ3) is 5.67. The molecule has 0 aliphatic rings. The van der Waals surface area contributed by atoms with E-state index < -0.39 is 0 Å². The average Bonchev–Trinajstić information content (AvgIpc) is 2.99. The molecule has 0 aromatic carbocycles. The molecule has 0 saturated carbocycles. The summed E-state index contributed by atoms with van der Waals surface area (Å²) in [6.07, 6.45) is 3.20. The summed E-state index contributed by atoms with van der Waals surface area (Å²) in [5.74, 6) is -0.0291. The molecule has 0 spiro atoms. The number of carbonyl (C=O) groups excluding carboxylic acids is 2. The van der Waals surface area contributed by atoms with Gasteiger partial charge in [0.05, 0.1) is 13.2 Å². The summed E-state index contributed by atoms with van der Waals surface area (Å²) in [5, 5.41) is 0. The van der Waals surface area contributed by atoms with Gasteiger partial charge in [-0.3, -0.25) is 9.59 Å². The van der Waals surface area contributed by atoms with Crippen LogP contribution in [0, 0.1) is 0 Å². The number of nitrogens with zero attached hydrogens (tertiary/aromatic N) is 3. The van der Waals surface area contributed by atoms with Crippen molar-refractivity contribution >= 4 is 11.8 Å². The Kier molecular flexibility index (Phi) is 8.54. The number of aromatic nitrogens is 1. The Labute approximate surface area is 145 Å². The van der Waals surface area contributed by atoms with Gasteiger partial charge in [-0.2, -0.15) is 0 Å². The molecule has 0 saturated heterocycles. The molecule has 0 fully saturated rings. The molecule has 0 aliphatic carbocycles. The number of aryl methyl sites for hydroxylation is 1. The molecule has 2 amide bonds. The standard InChI is InChI=1S/C18H31N3O3/c1-6-15(3)21(17(22)7-2)14-18(23)20(11-12-24-5)13-16-9-8-10-19(16)4/h8-10,15H,6-7,11-14H2,1-5H3. The highest BCUT2D eigenvalue weighted by Crippen LogP contribution is 2.10.